The molecule has 0 radical (unpaired) electrons. The summed E-state index contributed by atoms with van der Waals surface area (Å²) in [5.74, 6) is 0.963. The molecule has 0 spiro atoms. The third-order valence-electron chi connectivity index (χ3n) is 3.21. The van der Waals surface area contributed by atoms with Crippen LogP contribution in [0.15, 0.2) is 46.9 Å². The lowest BCUT2D eigenvalue weighted by atomic mass is 10.1. The first kappa shape index (κ1) is 17.1. The van der Waals surface area contributed by atoms with Crippen LogP contribution < -0.4 is 14.8 Å². The molecule has 0 saturated carbocycles. The maximum absolute atomic E-state index is 12.0. The first-order chi connectivity index (χ1) is 11.0. The maximum atomic E-state index is 12.0. The zero-order valence-corrected chi connectivity index (χ0v) is 14.8. The Balaban J connectivity index is 2.17. The lowest BCUT2D eigenvalue weighted by Crippen LogP contribution is -2.07. The van der Waals surface area contributed by atoms with Gasteiger partial charge in [0.15, 0.2) is 11.5 Å². The van der Waals surface area contributed by atoms with E-state index in [-0.39, 0.29) is 5.91 Å². The molecule has 0 heterocycles. The summed E-state index contributed by atoms with van der Waals surface area (Å²) in [4.78, 5) is 12.0. The lowest BCUT2D eigenvalue weighted by molar-refractivity contribution is -0.111. The van der Waals surface area contributed by atoms with Crippen LogP contribution in [0.1, 0.15) is 11.1 Å². The second-order valence-corrected chi connectivity index (χ2v) is 5.83. The van der Waals surface area contributed by atoms with E-state index in [0.29, 0.717) is 11.5 Å². The van der Waals surface area contributed by atoms with Crippen molar-refractivity contribution in [1.29, 1.82) is 0 Å². The van der Waals surface area contributed by atoms with Gasteiger partial charge in [0.25, 0.3) is 0 Å². The summed E-state index contributed by atoms with van der Waals surface area (Å²) in [7, 11) is 3.14. The zero-order valence-electron chi connectivity index (χ0n) is 13.2. The fraction of sp³-hybridized carbons (Fsp3) is 0.167. The topological polar surface area (TPSA) is 47.6 Å². The Morgan fingerprint density at radius 2 is 1.83 bits per heavy atom. The molecule has 0 atom stereocenters. The number of amides is 1. The monoisotopic (exact) mass is 375 g/mol. The average molecular weight is 376 g/mol. The van der Waals surface area contributed by atoms with E-state index in [0.717, 1.165) is 21.3 Å². The van der Waals surface area contributed by atoms with Crippen LogP contribution in [-0.2, 0) is 4.79 Å². The van der Waals surface area contributed by atoms with Crippen molar-refractivity contribution >= 4 is 33.6 Å². The SMILES string of the molecule is COc1cc(Br)cc(/C=C/C(=O)Nc2ccc(C)cc2)c1OC. The van der Waals surface area contributed by atoms with E-state index in [1.165, 1.54) is 6.08 Å². The standard InChI is InChI=1S/C18H18BrNO3/c1-12-4-7-15(8-5-12)20-17(21)9-6-13-10-14(19)11-16(22-2)18(13)23-3/h4-11H,1-3H3,(H,20,21)/b9-6+. The smallest absolute Gasteiger partial charge is 0.248 e. The highest BCUT2D eigenvalue weighted by atomic mass is 79.9. The van der Waals surface area contributed by atoms with E-state index in [1.54, 1.807) is 20.3 Å². The van der Waals surface area contributed by atoms with E-state index in [2.05, 4.69) is 21.2 Å². The number of carbonyl (C=O) groups excluding carboxylic acids is 1. The van der Waals surface area contributed by atoms with Crippen LogP contribution in [0.5, 0.6) is 11.5 Å². The number of rotatable bonds is 5. The summed E-state index contributed by atoms with van der Waals surface area (Å²) in [5, 5.41) is 2.81. The summed E-state index contributed by atoms with van der Waals surface area (Å²) in [5.41, 5.74) is 2.64. The number of anilines is 1. The summed E-state index contributed by atoms with van der Waals surface area (Å²) in [6.07, 6.45) is 3.15. The molecule has 2 aromatic carbocycles. The van der Waals surface area contributed by atoms with Gasteiger partial charge in [-0.1, -0.05) is 33.6 Å². The van der Waals surface area contributed by atoms with Crippen molar-refractivity contribution in [3.63, 3.8) is 0 Å². The lowest BCUT2D eigenvalue weighted by Gasteiger charge is -2.11. The number of halogens is 1. The van der Waals surface area contributed by atoms with Gasteiger partial charge in [0.2, 0.25) is 5.91 Å². The van der Waals surface area contributed by atoms with Crippen molar-refractivity contribution in [2.24, 2.45) is 0 Å². The molecule has 0 aliphatic heterocycles. The first-order valence-electron chi connectivity index (χ1n) is 7.00. The van der Waals surface area contributed by atoms with Crippen LogP contribution in [0.25, 0.3) is 6.08 Å². The van der Waals surface area contributed by atoms with Crippen molar-refractivity contribution in [3.05, 3.63) is 58.1 Å². The summed E-state index contributed by atoms with van der Waals surface area (Å²) in [6.45, 7) is 2.00. The number of benzene rings is 2. The first-order valence-corrected chi connectivity index (χ1v) is 7.80. The minimum atomic E-state index is -0.213. The molecule has 4 nitrogen and oxygen atoms in total. The number of aryl methyl sites for hydroxylation is 1. The average Bonchev–Trinajstić information content (AvgIpc) is 2.54. The van der Waals surface area contributed by atoms with Gasteiger partial charge in [0.1, 0.15) is 0 Å². The summed E-state index contributed by atoms with van der Waals surface area (Å²) in [6, 6.07) is 11.3. The van der Waals surface area contributed by atoms with Crippen molar-refractivity contribution in [2.45, 2.75) is 6.92 Å². The molecular weight excluding hydrogens is 358 g/mol. The van der Waals surface area contributed by atoms with E-state index < -0.39 is 0 Å². The van der Waals surface area contributed by atoms with Gasteiger partial charge in [-0.15, -0.1) is 0 Å². The minimum absolute atomic E-state index is 0.213. The number of ether oxygens (including phenoxy) is 2. The van der Waals surface area contributed by atoms with Crippen LogP contribution in [0.3, 0.4) is 0 Å². The van der Waals surface area contributed by atoms with Crippen molar-refractivity contribution in [3.8, 4) is 11.5 Å². The molecule has 0 aromatic heterocycles. The van der Waals surface area contributed by atoms with Crippen LogP contribution >= 0.6 is 15.9 Å². The molecule has 2 rings (SSSR count). The van der Waals surface area contributed by atoms with E-state index in [1.807, 2.05) is 43.3 Å². The van der Waals surface area contributed by atoms with Crippen molar-refractivity contribution < 1.29 is 14.3 Å². The number of hydrogen-bond acceptors (Lipinski definition) is 3. The summed E-state index contributed by atoms with van der Waals surface area (Å²) >= 11 is 3.41. The maximum Gasteiger partial charge on any atom is 0.248 e. The van der Waals surface area contributed by atoms with Crippen LogP contribution in [0, 0.1) is 6.92 Å². The van der Waals surface area contributed by atoms with E-state index >= 15 is 0 Å². The van der Waals surface area contributed by atoms with Gasteiger partial charge in [-0.25, -0.2) is 0 Å². The quantitative estimate of drug-likeness (QED) is 0.786. The Bertz CT molecular complexity index is 724. The predicted molar refractivity (Wildman–Crippen MR) is 96.1 cm³/mol. The van der Waals surface area contributed by atoms with Crippen LogP contribution in [0.4, 0.5) is 5.69 Å². The van der Waals surface area contributed by atoms with Crippen LogP contribution in [0.2, 0.25) is 0 Å². The third-order valence-corrected chi connectivity index (χ3v) is 3.66. The van der Waals surface area contributed by atoms with Crippen molar-refractivity contribution in [1.82, 2.24) is 0 Å². The van der Waals surface area contributed by atoms with Gasteiger partial charge in [-0.2, -0.15) is 0 Å². The largest absolute Gasteiger partial charge is 0.493 e. The molecule has 2 aromatic rings. The Hall–Kier alpha value is -2.27. The number of carbonyl (C=O) groups is 1. The highest BCUT2D eigenvalue weighted by molar-refractivity contribution is 9.10. The third kappa shape index (κ3) is 4.60. The Labute approximate surface area is 144 Å². The normalized spacial score (nSPS) is 10.6. The molecule has 5 heteroatoms. The van der Waals surface area contributed by atoms with E-state index in [4.69, 9.17) is 9.47 Å². The zero-order chi connectivity index (χ0) is 16.8. The number of methoxy groups -OCH3 is 2. The number of nitrogens with one attached hydrogen (secondary N) is 1. The highest BCUT2D eigenvalue weighted by Crippen LogP contribution is 2.35. The molecule has 0 saturated heterocycles. The van der Waals surface area contributed by atoms with Gasteiger partial charge >= 0.3 is 0 Å². The van der Waals surface area contributed by atoms with Crippen molar-refractivity contribution in [2.75, 3.05) is 19.5 Å². The van der Waals surface area contributed by atoms with Gasteiger partial charge in [-0.3, -0.25) is 4.79 Å². The van der Waals surface area contributed by atoms with Gasteiger partial charge in [0, 0.05) is 21.8 Å². The summed E-state index contributed by atoms with van der Waals surface area (Å²) < 4.78 is 11.5. The molecule has 0 unspecified atom stereocenters. The molecule has 23 heavy (non-hydrogen) atoms. The van der Waals surface area contributed by atoms with E-state index in [9.17, 15) is 4.79 Å². The number of hydrogen-bond donors (Lipinski definition) is 1. The van der Waals surface area contributed by atoms with Gasteiger partial charge in [0.05, 0.1) is 14.2 Å². The molecule has 0 aliphatic carbocycles. The Kier molecular flexibility index (Phi) is 5.82. The Morgan fingerprint density at radius 3 is 2.43 bits per heavy atom. The second kappa shape index (κ2) is 7.83. The van der Waals surface area contributed by atoms with Gasteiger partial charge < -0.3 is 14.8 Å². The Morgan fingerprint density at radius 1 is 1.13 bits per heavy atom. The predicted octanol–water partition coefficient (Wildman–Crippen LogP) is 4.43. The highest BCUT2D eigenvalue weighted by Gasteiger charge is 2.10. The molecule has 0 aliphatic rings. The minimum Gasteiger partial charge on any atom is -0.493 e. The molecule has 0 bridgehead atoms. The molecule has 120 valence electrons. The van der Waals surface area contributed by atoms with Gasteiger partial charge in [-0.05, 0) is 37.3 Å². The fourth-order valence-corrected chi connectivity index (χ4v) is 2.52. The second-order valence-electron chi connectivity index (χ2n) is 4.92. The van der Waals surface area contributed by atoms with Crippen LogP contribution in [-0.4, -0.2) is 20.1 Å². The molecule has 1 amide bonds. The molecule has 1 N–H and O–H groups in total. The molecular formula is C18H18BrNO3. The molecule has 0 fully saturated rings. The fourth-order valence-electron chi connectivity index (χ4n) is 2.07.